The fourth-order valence-electron chi connectivity index (χ4n) is 2.97. The second-order valence-electron chi connectivity index (χ2n) is 6.06. The largest absolute Gasteiger partial charge is 0.382 e. The number of morpholine rings is 1. The molecule has 1 saturated heterocycles. The van der Waals surface area contributed by atoms with E-state index in [2.05, 4.69) is 37.3 Å². The van der Waals surface area contributed by atoms with Gasteiger partial charge >= 0.3 is 0 Å². The minimum absolute atomic E-state index is 0.243. The van der Waals surface area contributed by atoms with Gasteiger partial charge in [0.1, 0.15) is 12.4 Å². The molecule has 129 valence electrons. The summed E-state index contributed by atoms with van der Waals surface area (Å²) in [6.07, 6.45) is 0. The van der Waals surface area contributed by atoms with E-state index in [4.69, 9.17) is 10.5 Å². The van der Waals surface area contributed by atoms with Crippen molar-refractivity contribution in [2.24, 2.45) is 0 Å². The van der Waals surface area contributed by atoms with Crippen LogP contribution < -0.4 is 16.0 Å². The highest BCUT2D eigenvalue weighted by molar-refractivity contribution is 5.91. The number of hydrogen-bond donors (Lipinski definition) is 3. The lowest BCUT2D eigenvalue weighted by atomic mass is 10.1. The summed E-state index contributed by atoms with van der Waals surface area (Å²) in [6, 6.07) is 8.19. The Kier molecular flexibility index (Phi) is 3.89. The maximum Gasteiger partial charge on any atom is 0.224 e. The number of rotatable bonds is 3. The average molecular weight is 338 g/mol. The van der Waals surface area contributed by atoms with Crippen molar-refractivity contribution in [2.45, 2.75) is 13.0 Å². The molecule has 2 aromatic heterocycles. The SMILES string of the molecule is CNc1nc(-c2ccc3c(N)n[nH]c3c2)cc(N2C[CH]OC[C@H]2C)n1. The Morgan fingerprint density at radius 1 is 1.32 bits per heavy atom. The quantitative estimate of drug-likeness (QED) is 0.671. The molecular formula is C17H20N7O. The van der Waals surface area contributed by atoms with Crippen LogP contribution in [0.15, 0.2) is 24.3 Å². The predicted molar refractivity (Wildman–Crippen MR) is 98.1 cm³/mol. The molecule has 3 aromatic rings. The smallest absolute Gasteiger partial charge is 0.224 e. The molecule has 4 N–H and O–H groups in total. The Bertz CT molecular complexity index is 907. The molecule has 1 radical (unpaired) electrons. The van der Waals surface area contributed by atoms with Crippen molar-refractivity contribution in [3.8, 4) is 11.3 Å². The van der Waals surface area contributed by atoms with Gasteiger partial charge in [-0.25, -0.2) is 4.98 Å². The fourth-order valence-corrected chi connectivity index (χ4v) is 2.97. The van der Waals surface area contributed by atoms with E-state index in [9.17, 15) is 0 Å². The number of nitrogens with one attached hydrogen (secondary N) is 2. The molecular weight excluding hydrogens is 318 g/mol. The minimum atomic E-state index is 0.243. The molecule has 1 fully saturated rings. The van der Waals surface area contributed by atoms with Crippen LogP contribution >= 0.6 is 0 Å². The summed E-state index contributed by atoms with van der Waals surface area (Å²) in [4.78, 5) is 11.4. The number of fused-ring (bicyclic) bond motifs is 1. The Balaban J connectivity index is 1.78. The van der Waals surface area contributed by atoms with Gasteiger partial charge in [-0.3, -0.25) is 5.10 Å². The molecule has 25 heavy (non-hydrogen) atoms. The lowest BCUT2D eigenvalue weighted by Gasteiger charge is -2.34. The van der Waals surface area contributed by atoms with E-state index in [0.29, 0.717) is 24.9 Å². The standard InChI is InChI=1S/C17H20N7O/c1-10-9-25-6-5-24(10)15-8-13(20-17(19-2)21-15)11-3-4-12-14(7-11)22-23-16(12)18/h3-4,6-8,10H,5,9H2,1-2H3,(H3,18,22,23)(H,19,20,21)/t10-/m1/s1. The second-order valence-corrected chi connectivity index (χ2v) is 6.06. The third-order valence-corrected chi connectivity index (χ3v) is 4.38. The molecule has 3 heterocycles. The van der Waals surface area contributed by atoms with Crippen LogP contribution in [0.1, 0.15) is 6.92 Å². The number of nitrogens with zero attached hydrogens (tertiary/aromatic N) is 4. The molecule has 0 saturated carbocycles. The summed E-state index contributed by atoms with van der Waals surface area (Å²) < 4.78 is 5.41. The van der Waals surface area contributed by atoms with E-state index >= 15 is 0 Å². The first-order valence-corrected chi connectivity index (χ1v) is 8.16. The van der Waals surface area contributed by atoms with Crippen LogP contribution in [0.2, 0.25) is 0 Å². The normalized spacial score (nSPS) is 17.8. The molecule has 0 bridgehead atoms. The first-order valence-electron chi connectivity index (χ1n) is 8.16. The molecule has 1 aliphatic rings. The lowest BCUT2D eigenvalue weighted by molar-refractivity contribution is 0.153. The van der Waals surface area contributed by atoms with Gasteiger partial charge < -0.3 is 20.7 Å². The highest BCUT2D eigenvalue weighted by Crippen LogP contribution is 2.29. The van der Waals surface area contributed by atoms with Gasteiger partial charge in [0.15, 0.2) is 5.82 Å². The van der Waals surface area contributed by atoms with E-state index in [-0.39, 0.29) is 6.04 Å². The van der Waals surface area contributed by atoms with Crippen LogP contribution in [0.4, 0.5) is 17.6 Å². The fraction of sp³-hybridized carbons (Fsp3) is 0.294. The zero-order chi connectivity index (χ0) is 17.4. The number of hydrogen-bond acceptors (Lipinski definition) is 7. The van der Waals surface area contributed by atoms with Gasteiger partial charge in [-0.2, -0.15) is 10.1 Å². The number of H-pyrrole nitrogens is 1. The molecule has 0 aliphatic carbocycles. The first kappa shape index (κ1) is 15.6. The van der Waals surface area contributed by atoms with Gasteiger partial charge in [0.25, 0.3) is 0 Å². The van der Waals surface area contributed by atoms with Crippen LogP contribution in [0.25, 0.3) is 22.2 Å². The summed E-state index contributed by atoms with van der Waals surface area (Å²) >= 11 is 0. The third kappa shape index (κ3) is 2.85. The Morgan fingerprint density at radius 2 is 2.20 bits per heavy atom. The van der Waals surface area contributed by atoms with Crippen molar-refractivity contribution in [3.63, 3.8) is 0 Å². The van der Waals surface area contributed by atoms with Crippen molar-refractivity contribution in [2.75, 3.05) is 36.1 Å². The zero-order valence-electron chi connectivity index (χ0n) is 14.2. The first-order chi connectivity index (χ1) is 12.2. The van der Waals surface area contributed by atoms with E-state index < -0.39 is 0 Å². The second kappa shape index (κ2) is 6.21. The molecule has 1 aliphatic heterocycles. The minimum Gasteiger partial charge on any atom is -0.382 e. The Morgan fingerprint density at radius 3 is 3.00 bits per heavy atom. The summed E-state index contributed by atoms with van der Waals surface area (Å²) in [7, 11) is 1.82. The Hall–Kier alpha value is -2.87. The topological polar surface area (TPSA) is 105 Å². The van der Waals surface area contributed by atoms with Crippen molar-refractivity contribution in [1.29, 1.82) is 0 Å². The van der Waals surface area contributed by atoms with Crippen LogP contribution in [-0.4, -0.2) is 46.4 Å². The number of aromatic amines is 1. The number of aromatic nitrogens is 4. The van der Waals surface area contributed by atoms with Crippen molar-refractivity contribution in [1.82, 2.24) is 20.2 Å². The van der Waals surface area contributed by atoms with E-state index in [1.165, 1.54) is 0 Å². The highest BCUT2D eigenvalue weighted by atomic mass is 16.5. The maximum absolute atomic E-state index is 5.85. The molecule has 8 nitrogen and oxygen atoms in total. The van der Waals surface area contributed by atoms with Crippen LogP contribution in [0.5, 0.6) is 0 Å². The van der Waals surface area contributed by atoms with Crippen LogP contribution in [0.3, 0.4) is 0 Å². The van der Waals surface area contributed by atoms with E-state index in [1.54, 1.807) is 6.61 Å². The molecule has 1 atom stereocenters. The number of benzene rings is 1. The molecule has 1 aromatic carbocycles. The molecule has 0 amide bonds. The summed E-state index contributed by atoms with van der Waals surface area (Å²) in [6.45, 7) is 5.26. The monoisotopic (exact) mass is 338 g/mol. The lowest BCUT2D eigenvalue weighted by Crippen LogP contribution is -2.42. The Labute approximate surface area is 145 Å². The number of anilines is 3. The molecule has 4 rings (SSSR count). The number of nitrogen functional groups attached to an aromatic ring is 1. The van der Waals surface area contributed by atoms with E-state index in [1.807, 2.05) is 31.3 Å². The maximum atomic E-state index is 5.85. The van der Waals surface area contributed by atoms with Gasteiger partial charge in [-0.1, -0.05) is 6.07 Å². The summed E-state index contributed by atoms with van der Waals surface area (Å²) in [5, 5.41) is 10.9. The summed E-state index contributed by atoms with van der Waals surface area (Å²) in [5.41, 5.74) is 8.54. The van der Waals surface area contributed by atoms with Crippen LogP contribution in [-0.2, 0) is 4.74 Å². The molecule has 0 spiro atoms. The van der Waals surface area contributed by atoms with E-state index in [0.717, 1.165) is 28.0 Å². The molecule has 8 heteroatoms. The van der Waals surface area contributed by atoms with Gasteiger partial charge in [0.05, 0.1) is 23.9 Å². The summed E-state index contributed by atoms with van der Waals surface area (Å²) in [5.74, 6) is 1.94. The number of ether oxygens (including phenoxy) is 1. The van der Waals surface area contributed by atoms with Gasteiger partial charge in [-0.05, 0) is 19.1 Å². The van der Waals surface area contributed by atoms with Crippen molar-refractivity contribution >= 4 is 28.5 Å². The van der Waals surface area contributed by atoms with Crippen molar-refractivity contribution in [3.05, 3.63) is 30.9 Å². The third-order valence-electron chi connectivity index (χ3n) is 4.38. The van der Waals surface area contributed by atoms with Crippen LogP contribution in [0, 0.1) is 6.61 Å². The van der Waals surface area contributed by atoms with Gasteiger partial charge in [-0.15, -0.1) is 0 Å². The average Bonchev–Trinajstić information content (AvgIpc) is 3.02. The predicted octanol–water partition coefficient (Wildman–Crippen LogP) is 2.03. The highest BCUT2D eigenvalue weighted by Gasteiger charge is 2.22. The zero-order valence-corrected chi connectivity index (χ0v) is 14.2. The van der Waals surface area contributed by atoms with Crippen molar-refractivity contribution < 1.29 is 4.74 Å². The van der Waals surface area contributed by atoms with Gasteiger partial charge in [0.2, 0.25) is 5.95 Å². The van der Waals surface area contributed by atoms with Gasteiger partial charge in [0, 0.05) is 30.6 Å². The number of nitrogens with two attached hydrogens (primary N) is 1. The molecule has 0 unspecified atom stereocenters.